The molecule has 140 valence electrons. The second-order valence-electron chi connectivity index (χ2n) is 5.56. The highest BCUT2D eigenvalue weighted by molar-refractivity contribution is 7.70. The third-order valence-electron chi connectivity index (χ3n) is 3.61. The zero-order valence-corrected chi connectivity index (χ0v) is 15.2. The number of aromatic hydroxyl groups is 1. The second-order valence-corrected chi connectivity index (χ2v) is 7.05. The van der Waals surface area contributed by atoms with E-state index >= 15 is 0 Å². The van der Waals surface area contributed by atoms with Crippen LogP contribution in [0.3, 0.4) is 0 Å². The smallest absolute Gasteiger partial charge is 0.396 e. The summed E-state index contributed by atoms with van der Waals surface area (Å²) in [6.07, 6.45) is 0.299. The molecule has 3 N–H and O–H groups in total. The fraction of sp³-hybridized carbons (Fsp3) is 0.278. The molecule has 0 spiro atoms. The van der Waals surface area contributed by atoms with Crippen LogP contribution in [0.2, 0.25) is 0 Å². The number of hydrogen-bond acceptors (Lipinski definition) is 5. The van der Waals surface area contributed by atoms with E-state index in [0.29, 0.717) is 37.6 Å². The van der Waals surface area contributed by atoms with Gasteiger partial charge in [0.2, 0.25) is 0 Å². The lowest BCUT2D eigenvalue weighted by Crippen LogP contribution is -2.06. The number of phenols is 1. The summed E-state index contributed by atoms with van der Waals surface area (Å²) >= 11 is 0. The summed E-state index contributed by atoms with van der Waals surface area (Å²) < 4.78 is 21.8. The van der Waals surface area contributed by atoms with Crippen molar-refractivity contribution in [2.45, 2.75) is 13.3 Å². The van der Waals surface area contributed by atoms with E-state index in [2.05, 4.69) is 0 Å². The van der Waals surface area contributed by atoms with E-state index in [1.165, 1.54) is 18.2 Å². The maximum atomic E-state index is 11.7. The van der Waals surface area contributed by atoms with Crippen molar-refractivity contribution in [3.05, 3.63) is 59.2 Å². The first-order chi connectivity index (χ1) is 12.3. The van der Waals surface area contributed by atoms with Gasteiger partial charge in [-0.2, -0.15) is 0 Å². The molecule has 26 heavy (non-hydrogen) atoms. The Bertz CT molecular complexity index is 796. The Morgan fingerprint density at radius 3 is 2.38 bits per heavy atom. The molecule has 0 aliphatic carbocycles. The minimum atomic E-state index is -4.87. The maximum Gasteiger partial charge on any atom is 0.396 e. The molecule has 0 atom stereocenters. The first-order valence-corrected chi connectivity index (χ1v) is 9.64. The molecule has 0 aliphatic rings. The molecule has 0 saturated carbocycles. The summed E-state index contributed by atoms with van der Waals surface area (Å²) in [5.41, 5.74) is -0.161. The molecule has 0 aromatic heterocycles. The second kappa shape index (κ2) is 8.96. The normalized spacial score (nSPS) is 11.3. The van der Waals surface area contributed by atoms with Crippen LogP contribution >= 0.6 is 7.60 Å². The van der Waals surface area contributed by atoms with Crippen molar-refractivity contribution in [3.63, 3.8) is 0 Å². The monoisotopic (exact) mass is 380 g/mol. The van der Waals surface area contributed by atoms with Gasteiger partial charge < -0.3 is 24.4 Å². The number of benzene rings is 2. The quantitative estimate of drug-likeness (QED) is 0.453. The number of carbonyl (C=O) groups is 1. The molecular formula is C18H21O7P. The average molecular weight is 380 g/mol. The van der Waals surface area contributed by atoms with Crippen LogP contribution in [-0.2, 0) is 15.7 Å². The third-order valence-corrected chi connectivity index (χ3v) is 4.40. The van der Waals surface area contributed by atoms with Crippen molar-refractivity contribution in [1.82, 2.24) is 0 Å². The summed E-state index contributed by atoms with van der Waals surface area (Å²) in [5.74, 6) is 0.632. The number of rotatable bonds is 9. The lowest BCUT2D eigenvalue weighted by atomic mass is 10.0. The van der Waals surface area contributed by atoms with Crippen molar-refractivity contribution in [2.24, 2.45) is 0 Å². The van der Waals surface area contributed by atoms with E-state index in [1.54, 1.807) is 12.1 Å². The Labute approximate surface area is 151 Å². The van der Waals surface area contributed by atoms with Crippen LogP contribution in [0.25, 0.3) is 0 Å². The molecule has 0 saturated heterocycles. The largest absolute Gasteiger partial charge is 0.508 e. The molecule has 0 heterocycles. The van der Waals surface area contributed by atoms with Crippen LogP contribution < -0.4 is 4.74 Å². The lowest BCUT2D eigenvalue weighted by Gasteiger charge is -2.10. The van der Waals surface area contributed by atoms with Crippen LogP contribution in [0.5, 0.6) is 11.5 Å². The number of hydrogen-bond donors (Lipinski definition) is 3. The zero-order valence-electron chi connectivity index (χ0n) is 14.3. The highest BCUT2D eigenvalue weighted by Gasteiger charge is 2.27. The Balaban J connectivity index is 2.08. The van der Waals surface area contributed by atoms with Crippen LogP contribution in [0.4, 0.5) is 0 Å². The minimum absolute atomic E-state index is 0.0516. The molecule has 2 rings (SSSR count). The van der Waals surface area contributed by atoms with Crippen molar-refractivity contribution in [1.29, 1.82) is 0 Å². The fourth-order valence-electron chi connectivity index (χ4n) is 2.31. The standard InChI is InChI=1S/C18H21O7P/c1-2-24-9-10-25-16-6-3-13(4-7-16)11-15-12-14(5-8-17(15)19)18(20)26(21,22)23/h3-8,12,19H,2,9-11H2,1H3,(H2,21,22,23). The van der Waals surface area contributed by atoms with Gasteiger partial charge in [0.1, 0.15) is 18.1 Å². The zero-order chi connectivity index (χ0) is 19.2. The summed E-state index contributed by atoms with van der Waals surface area (Å²) in [5, 5.41) is 9.96. The Morgan fingerprint density at radius 1 is 1.08 bits per heavy atom. The van der Waals surface area contributed by atoms with Crippen LogP contribution in [0.15, 0.2) is 42.5 Å². The summed E-state index contributed by atoms with van der Waals surface area (Å²) in [4.78, 5) is 29.7. The van der Waals surface area contributed by atoms with E-state index in [0.717, 1.165) is 5.56 Å². The van der Waals surface area contributed by atoms with Crippen molar-refractivity contribution >= 4 is 13.1 Å². The fourth-order valence-corrected chi connectivity index (χ4v) is 2.79. The van der Waals surface area contributed by atoms with Gasteiger partial charge in [0, 0.05) is 18.6 Å². The highest BCUT2D eigenvalue weighted by atomic mass is 31.2. The van der Waals surface area contributed by atoms with Gasteiger partial charge in [0.25, 0.3) is 5.52 Å². The van der Waals surface area contributed by atoms with Gasteiger partial charge in [-0.3, -0.25) is 9.36 Å². The van der Waals surface area contributed by atoms with Gasteiger partial charge in [-0.1, -0.05) is 12.1 Å². The molecule has 0 aliphatic heterocycles. The highest BCUT2D eigenvalue weighted by Crippen LogP contribution is 2.39. The Hall–Kier alpha value is -2.18. The molecule has 0 amide bonds. The van der Waals surface area contributed by atoms with Gasteiger partial charge in [-0.15, -0.1) is 0 Å². The van der Waals surface area contributed by atoms with E-state index in [4.69, 9.17) is 19.3 Å². The van der Waals surface area contributed by atoms with Crippen molar-refractivity contribution in [2.75, 3.05) is 19.8 Å². The molecule has 0 radical (unpaired) electrons. The van der Waals surface area contributed by atoms with Crippen LogP contribution in [0.1, 0.15) is 28.4 Å². The van der Waals surface area contributed by atoms with E-state index in [-0.39, 0.29) is 11.3 Å². The summed E-state index contributed by atoms with van der Waals surface area (Å²) in [6.45, 7) is 3.50. The molecular weight excluding hydrogens is 359 g/mol. The summed E-state index contributed by atoms with van der Waals surface area (Å²) in [6, 6.07) is 10.9. The van der Waals surface area contributed by atoms with Crippen LogP contribution in [0, 0.1) is 0 Å². The maximum absolute atomic E-state index is 11.7. The number of carbonyl (C=O) groups excluding carboxylic acids is 1. The minimum Gasteiger partial charge on any atom is -0.508 e. The van der Waals surface area contributed by atoms with Gasteiger partial charge in [0.05, 0.1) is 6.61 Å². The molecule has 2 aromatic rings. The Kier molecular flexibility index (Phi) is 6.94. The van der Waals surface area contributed by atoms with Gasteiger partial charge in [0.15, 0.2) is 0 Å². The predicted molar refractivity (Wildman–Crippen MR) is 95.7 cm³/mol. The molecule has 0 unspecified atom stereocenters. The topological polar surface area (TPSA) is 113 Å². The molecule has 8 heteroatoms. The molecule has 0 fully saturated rings. The SMILES string of the molecule is CCOCCOc1ccc(Cc2cc(C(=O)P(=O)(O)O)ccc2O)cc1. The van der Waals surface area contributed by atoms with Crippen molar-refractivity contribution in [3.8, 4) is 11.5 Å². The molecule has 2 aromatic carbocycles. The molecule has 0 bridgehead atoms. The van der Waals surface area contributed by atoms with Gasteiger partial charge in [-0.25, -0.2) is 0 Å². The Morgan fingerprint density at radius 2 is 1.77 bits per heavy atom. The van der Waals surface area contributed by atoms with E-state index < -0.39 is 13.1 Å². The molecule has 7 nitrogen and oxygen atoms in total. The van der Waals surface area contributed by atoms with Gasteiger partial charge in [-0.05, 0) is 48.4 Å². The first kappa shape index (κ1) is 20.1. The van der Waals surface area contributed by atoms with Crippen molar-refractivity contribution < 1.29 is 33.7 Å². The van der Waals surface area contributed by atoms with Crippen LogP contribution in [-0.4, -0.2) is 40.2 Å². The lowest BCUT2D eigenvalue weighted by molar-refractivity contribution is 0.104. The van der Waals surface area contributed by atoms with E-state index in [9.17, 15) is 14.5 Å². The summed E-state index contributed by atoms with van der Waals surface area (Å²) in [7, 11) is -4.87. The number of phenolic OH excluding ortho intramolecular Hbond substituents is 1. The third kappa shape index (κ3) is 5.68. The average Bonchev–Trinajstić information content (AvgIpc) is 2.60. The van der Waals surface area contributed by atoms with Gasteiger partial charge >= 0.3 is 7.60 Å². The number of ether oxygens (including phenoxy) is 2. The first-order valence-electron chi connectivity index (χ1n) is 8.03. The predicted octanol–water partition coefficient (Wildman–Crippen LogP) is 2.72. The van der Waals surface area contributed by atoms with E-state index in [1.807, 2.05) is 19.1 Å².